The number of hydrogen-bond donors (Lipinski definition) is 1. The molecule has 0 amide bonds. The number of hydrogen-bond acceptors (Lipinski definition) is 3. The molecule has 1 saturated heterocycles. The van der Waals surface area contributed by atoms with Crippen LogP contribution in [-0.2, 0) is 0 Å². The topological polar surface area (TPSA) is 43.8 Å². The van der Waals surface area contributed by atoms with Gasteiger partial charge in [-0.2, -0.15) is 0 Å². The average molecular weight is 341 g/mol. The highest BCUT2D eigenvalue weighted by Crippen LogP contribution is 2.26. The number of carbonyl (C=O) groups is 1. The first-order chi connectivity index (χ1) is 9.52. The molecule has 0 bridgehead atoms. The van der Waals surface area contributed by atoms with E-state index in [9.17, 15) is 9.90 Å². The van der Waals surface area contributed by atoms with Gasteiger partial charge >= 0.3 is 5.97 Å². The number of anilines is 1. The van der Waals surface area contributed by atoms with Crippen molar-refractivity contribution in [2.24, 2.45) is 0 Å². The Balaban J connectivity index is 2.14. The first-order valence-corrected chi connectivity index (χ1v) is 7.84. The van der Waals surface area contributed by atoms with E-state index in [4.69, 9.17) is 0 Å². The van der Waals surface area contributed by atoms with Crippen LogP contribution in [0.3, 0.4) is 0 Å². The summed E-state index contributed by atoms with van der Waals surface area (Å²) in [5.74, 6) is -0.864. The summed E-state index contributed by atoms with van der Waals surface area (Å²) in [7, 11) is 0. The van der Waals surface area contributed by atoms with E-state index in [1.165, 1.54) is 0 Å². The van der Waals surface area contributed by atoms with Crippen molar-refractivity contribution >= 4 is 27.6 Å². The highest BCUT2D eigenvalue weighted by molar-refractivity contribution is 9.10. The van der Waals surface area contributed by atoms with Crippen molar-refractivity contribution in [3.8, 4) is 0 Å². The van der Waals surface area contributed by atoms with Crippen molar-refractivity contribution in [2.45, 2.75) is 26.3 Å². The van der Waals surface area contributed by atoms with E-state index in [0.29, 0.717) is 11.6 Å². The Morgan fingerprint density at radius 1 is 1.35 bits per heavy atom. The van der Waals surface area contributed by atoms with Gasteiger partial charge in [0, 0.05) is 36.7 Å². The van der Waals surface area contributed by atoms with Crippen molar-refractivity contribution in [3.63, 3.8) is 0 Å². The SMILES string of the molecule is CCC(C)N1CCN(c2cc(Br)ccc2C(=O)O)CC1. The minimum Gasteiger partial charge on any atom is -0.478 e. The number of carboxylic acid groups (broad SMARTS) is 1. The van der Waals surface area contributed by atoms with Crippen LogP contribution in [0.25, 0.3) is 0 Å². The van der Waals surface area contributed by atoms with E-state index in [2.05, 4.69) is 39.6 Å². The number of nitrogens with zero attached hydrogens (tertiary/aromatic N) is 2. The second kappa shape index (κ2) is 6.59. The van der Waals surface area contributed by atoms with E-state index in [-0.39, 0.29) is 0 Å². The summed E-state index contributed by atoms with van der Waals surface area (Å²) in [5, 5.41) is 9.31. The van der Waals surface area contributed by atoms with Gasteiger partial charge in [0.1, 0.15) is 0 Å². The predicted octanol–water partition coefficient (Wildman–Crippen LogP) is 3.07. The molecule has 4 nitrogen and oxygen atoms in total. The van der Waals surface area contributed by atoms with Crippen LogP contribution >= 0.6 is 15.9 Å². The molecular formula is C15H21BrN2O2. The lowest BCUT2D eigenvalue weighted by Crippen LogP contribution is -2.49. The summed E-state index contributed by atoms with van der Waals surface area (Å²) in [4.78, 5) is 16.0. The Kier molecular flexibility index (Phi) is 5.05. The lowest BCUT2D eigenvalue weighted by Gasteiger charge is -2.39. The second-order valence-electron chi connectivity index (χ2n) is 5.25. The molecule has 1 aliphatic rings. The maximum Gasteiger partial charge on any atom is 0.337 e. The van der Waals surface area contributed by atoms with Gasteiger partial charge in [0.2, 0.25) is 0 Å². The molecule has 1 aromatic carbocycles. The highest BCUT2D eigenvalue weighted by Gasteiger charge is 2.23. The third kappa shape index (κ3) is 3.33. The monoisotopic (exact) mass is 340 g/mol. The van der Waals surface area contributed by atoms with E-state index in [0.717, 1.165) is 42.8 Å². The molecular weight excluding hydrogens is 320 g/mol. The van der Waals surface area contributed by atoms with Gasteiger partial charge in [-0.15, -0.1) is 0 Å². The van der Waals surface area contributed by atoms with Gasteiger partial charge in [0.25, 0.3) is 0 Å². The van der Waals surface area contributed by atoms with Crippen molar-refractivity contribution in [1.29, 1.82) is 0 Å². The van der Waals surface area contributed by atoms with Gasteiger partial charge in [-0.3, -0.25) is 4.90 Å². The zero-order valence-electron chi connectivity index (χ0n) is 12.0. The van der Waals surface area contributed by atoms with Crippen LogP contribution in [0, 0.1) is 0 Å². The molecule has 0 saturated carbocycles. The molecule has 0 spiro atoms. The summed E-state index contributed by atoms with van der Waals surface area (Å²) in [6.07, 6.45) is 1.15. The molecule has 0 aliphatic carbocycles. The lowest BCUT2D eigenvalue weighted by molar-refractivity contribution is 0.0697. The van der Waals surface area contributed by atoms with Gasteiger partial charge in [0.15, 0.2) is 0 Å². The number of halogens is 1. The van der Waals surface area contributed by atoms with Crippen LogP contribution in [-0.4, -0.2) is 48.2 Å². The summed E-state index contributed by atoms with van der Waals surface area (Å²) in [6.45, 7) is 8.18. The molecule has 1 fully saturated rings. The first-order valence-electron chi connectivity index (χ1n) is 7.04. The smallest absolute Gasteiger partial charge is 0.337 e. The molecule has 0 aromatic heterocycles. The molecule has 1 aliphatic heterocycles. The molecule has 0 radical (unpaired) electrons. The molecule has 1 N–H and O–H groups in total. The number of carboxylic acids is 1. The Morgan fingerprint density at radius 3 is 2.55 bits per heavy atom. The first kappa shape index (κ1) is 15.3. The van der Waals surface area contributed by atoms with E-state index in [1.54, 1.807) is 12.1 Å². The largest absolute Gasteiger partial charge is 0.478 e. The molecule has 1 atom stereocenters. The summed E-state index contributed by atoms with van der Waals surface area (Å²) in [5.41, 5.74) is 1.20. The fourth-order valence-corrected chi connectivity index (χ4v) is 2.96. The normalized spacial score (nSPS) is 18.1. The summed E-state index contributed by atoms with van der Waals surface area (Å²) >= 11 is 3.43. The van der Waals surface area contributed by atoms with Crippen molar-refractivity contribution in [3.05, 3.63) is 28.2 Å². The third-order valence-corrected chi connectivity index (χ3v) is 4.55. The van der Waals surface area contributed by atoms with Gasteiger partial charge in [-0.05, 0) is 31.5 Å². The quantitative estimate of drug-likeness (QED) is 0.914. The zero-order valence-corrected chi connectivity index (χ0v) is 13.6. The Bertz CT molecular complexity index is 485. The fourth-order valence-electron chi connectivity index (χ4n) is 2.61. The molecule has 110 valence electrons. The number of rotatable bonds is 4. The van der Waals surface area contributed by atoms with Gasteiger partial charge in [0.05, 0.1) is 11.3 Å². The third-order valence-electron chi connectivity index (χ3n) is 4.06. The Labute approximate surface area is 128 Å². The van der Waals surface area contributed by atoms with Crippen LogP contribution in [0.2, 0.25) is 0 Å². The van der Waals surface area contributed by atoms with Crippen LogP contribution in [0.1, 0.15) is 30.6 Å². The minimum absolute atomic E-state index is 0.380. The van der Waals surface area contributed by atoms with Gasteiger partial charge < -0.3 is 10.0 Å². The highest BCUT2D eigenvalue weighted by atomic mass is 79.9. The molecule has 5 heteroatoms. The fraction of sp³-hybridized carbons (Fsp3) is 0.533. The molecule has 1 heterocycles. The van der Waals surface area contributed by atoms with Crippen molar-refractivity contribution in [1.82, 2.24) is 4.90 Å². The van der Waals surface area contributed by atoms with E-state index >= 15 is 0 Å². The number of benzene rings is 1. The maximum absolute atomic E-state index is 11.3. The summed E-state index contributed by atoms with van der Waals surface area (Å²) in [6, 6.07) is 5.95. The van der Waals surface area contributed by atoms with E-state index < -0.39 is 5.97 Å². The maximum atomic E-state index is 11.3. The van der Waals surface area contributed by atoms with Gasteiger partial charge in [-0.1, -0.05) is 22.9 Å². The van der Waals surface area contributed by atoms with Crippen LogP contribution in [0.5, 0.6) is 0 Å². The lowest BCUT2D eigenvalue weighted by atomic mass is 10.1. The van der Waals surface area contributed by atoms with E-state index in [1.807, 2.05) is 6.07 Å². The van der Waals surface area contributed by atoms with Crippen LogP contribution in [0.15, 0.2) is 22.7 Å². The average Bonchev–Trinajstić information content (AvgIpc) is 2.46. The zero-order chi connectivity index (χ0) is 14.7. The number of aromatic carboxylic acids is 1. The molecule has 20 heavy (non-hydrogen) atoms. The summed E-state index contributed by atoms with van der Waals surface area (Å²) < 4.78 is 0.918. The Morgan fingerprint density at radius 2 is 2.00 bits per heavy atom. The molecule has 2 rings (SSSR count). The van der Waals surface area contributed by atoms with Crippen molar-refractivity contribution in [2.75, 3.05) is 31.1 Å². The standard InChI is InChI=1S/C15H21BrN2O2/c1-3-11(2)17-6-8-18(9-7-17)14-10-12(16)4-5-13(14)15(19)20/h4-5,10-11H,3,6-9H2,1-2H3,(H,19,20). The number of piperazine rings is 1. The minimum atomic E-state index is -0.864. The van der Waals surface area contributed by atoms with Crippen molar-refractivity contribution < 1.29 is 9.90 Å². The second-order valence-corrected chi connectivity index (χ2v) is 6.16. The Hall–Kier alpha value is -1.07. The molecule has 1 aromatic rings. The predicted molar refractivity (Wildman–Crippen MR) is 84.6 cm³/mol. The molecule has 1 unspecified atom stereocenters. The van der Waals surface area contributed by atoms with Gasteiger partial charge in [-0.25, -0.2) is 4.79 Å². The van der Waals surface area contributed by atoms with Crippen LogP contribution in [0.4, 0.5) is 5.69 Å². The van der Waals surface area contributed by atoms with Crippen LogP contribution < -0.4 is 4.90 Å².